The van der Waals surface area contributed by atoms with Gasteiger partial charge in [-0.3, -0.25) is 0 Å². The molecule has 6 nitrogen and oxygen atoms in total. The molecule has 1 heterocycles. The van der Waals surface area contributed by atoms with Gasteiger partial charge in [-0.15, -0.1) is 0 Å². The highest BCUT2D eigenvalue weighted by Crippen LogP contribution is 2.31. The zero-order valence-corrected chi connectivity index (χ0v) is 10.5. The minimum absolute atomic E-state index is 0.217. The van der Waals surface area contributed by atoms with Crippen molar-refractivity contribution in [3.63, 3.8) is 0 Å². The van der Waals surface area contributed by atoms with E-state index in [0.29, 0.717) is 16.9 Å². The van der Waals surface area contributed by atoms with E-state index >= 15 is 0 Å². The molecule has 2 rings (SSSR count). The molecule has 0 aliphatic carbocycles. The number of carboxylic acid groups (broad SMARTS) is 1. The van der Waals surface area contributed by atoms with Crippen LogP contribution in [0.25, 0.3) is 0 Å². The van der Waals surface area contributed by atoms with Gasteiger partial charge in [0.1, 0.15) is 11.1 Å². The molecule has 2 atom stereocenters. The molecular weight excluding hydrogens is 258 g/mol. The molecule has 0 radical (unpaired) electrons. The van der Waals surface area contributed by atoms with Crippen molar-refractivity contribution in [2.45, 2.75) is 17.9 Å². The van der Waals surface area contributed by atoms with Crippen LogP contribution in [0, 0.1) is 0 Å². The third-order valence-electron chi connectivity index (χ3n) is 2.82. The van der Waals surface area contributed by atoms with Gasteiger partial charge < -0.3 is 15.6 Å². The number of nitrogens with two attached hydrogens (primary N) is 1. The zero-order chi connectivity index (χ0) is 13.5. The van der Waals surface area contributed by atoms with E-state index in [2.05, 4.69) is 0 Å². The lowest BCUT2D eigenvalue weighted by Crippen LogP contribution is -2.24. The molecule has 1 unspecified atom stereocenters. The van der Waals surface area contributed by atoms with Crippen LogP contribution in [0.4, 0.5) is 0 Å². The largest absolute Gasteiger partial charge is 0.478 e. The standard InChI is InChI=1S/C11H13NO5S/c1-18(15,16)10(12)6-2-3-8-7(4-6)5-9(17-8)11(13)14/h2-4,9-10H,5,12H2,1H3,(H,13,14)/t9-,10?/m0/s1. The average molecular weight is 271 g/mol. The van der Waals surface area contributed by atoms with Gasteiger partial charge in [-0.1, -0.05) is 6.07 Å². The summed E-state index contributed by atoms with van der Waals surface area (Å²) in [6.07, 6.45) is 0.362. The Morgan fingerprint density at radius 2 is 2.22 bits per heavy atom. The topological polar surface area (TPSA) is 107 Å². The number of carboxylic acids is 1. The minimum atomic E-state index is -3.38. The molecule has 1 aliphatic heterocycles. The van der Waals surface area contributed by atoms with Crippen molar-refractivity contribution >= 4 is 15.8 Å². The molecule has 1 aliphatic rings. The summed E-state index contributed by atoms with van der Waals surface area (Å²) in [5, 5.41) is 7.74. The number of aliphatic carboxylic acids is 1. The Labute approximate surface area is 104 Å². The van der Waals surface area contributed by atoms with Gasteiger partial charge in [0.15, 0.2) is 15.9 Å². The summed E-state index contributed by atoms with van der Waals surface area (Å²) in [7, 11) is -3.38. The fourth-order valence-corrected chi connectivity index (χ4v) is 2.47. The van der Waals surface area contributed by atoms with Crippen LogP contribution in [0.15, 0.2) is 18.2 Å². The second kappa shape index (κ2) is 4.25. The number of fused-ring (bicyclic) bond motifs is 1. The Hall–Kier alpha value is -1.60. The van der Waals surface area contributed by atoms with Gasteiger partial charge >= 0.3 is 5.97 Å². The first-order valence-corrected chi connectivity index (χ1v) is 7.21. The Kier molecular flexibility index (Phi) is 3.04. The van der Waals surface area contributed by atoms with Crippen LogP contribution in [0.5, 0.6) is 5.75 Å². The Bertz CT molecular complexity index is 595. The molecule has 0 spiro atoms. The number of carbonyl (C=O) groups is 1. The summed E-state index contributed by atoms with van der Waals surface area (Å²) in [4.78, 5) is 10.8. The summed E-state index contributed by atoms with van der Waals surface area (Å²) in [6.45, 7) is 0. The zero-order valence-electron chi connectivity index (χ0n) is 9.66. The molecule has 0 bridgehead atoms. The smallest absolute Gasteiger partial charge is 0.345 e. The van der Waals surface area contributed by atoms with Crippen molar-refractivity contribution in [2.24, 2.45) is 5.73 Å². The van der Waals surface area contributed by atoms with Gasteiger partial charge in [-0.05, 0) is 23.3 Å². The van der Waals surface area contributed by atoms with Gasteiger partial charge in [0.25, 0.3) is 0 Å². The fraction of sp³-hybridized carbons (Fsp3) is 0.364. The van der Waals surface area contributed by atoms with Crippen LogP contribution in [-0.2, 0) is 21.1 Å². The minimum Gasteiger partial charge on any atom is -0.478 e. The average Bonchev–Trinajstić information content (AvgIpc) is 2.69. The number of hydrogen-bond donors (Lipinski definition) is 2. The molecule has 3 N–H and O–H groups in total. The molecule has 0 fully saturated rings. The molecule has 1 aromatic rings. The first-order chi connectivity index (χ1) is 8.29. The van der Waals surface area contributed by atoms with Crippen LogP contribution in [0.2, 0.25) is 0 Å². The number of rotatable bonds is 3. The molecule has 0 saturated carbocycles. The van der Waals surface area contributed by atoms with E-state index in [1.165, 1.54) is 6.07 Å². The van der Waals surface area contributed by atoms with Gasteiger partial charge in [0, 0.05) is 12.7 Å². The summed E-state index contributed by atoms with van der Waals surface area (Å²) in [5.74, 6) is -0.577. The summed E-state index contributed by atoms with van der Waals surface area (Å²) < 4.78 is 27.9. The van der Waals surface area contributed by atoms with Crippen LogP contribution >= 0.6 is 0 Å². The Morgan fingerprint density at radius 3 is 2.78 bits per heavy atom. The molecule has 98 valence electrons. The van der Waals surface area contributed by atoms with Crippen molar-refractivity contribution < 1.29 is 23.1 Å². The molecule has 0 aromatic heterocycles. The van der Waals surface area contributed by atoms with Gasteiger partial charge in [-0.25, -0.2) is 13.2 Å². The van der Waals surface area contributed by atoms with Gasteiger partial charge in [0.2, 0.25) is 0 Å². The molecule has 18 heavy (non-hydrogen) atoms. The van der Waals surface area contributed by atoms with E-state index in [1.807, 2.05) is 0 Å². The lowest BCUT2D eigenvalue weighted by molar-refractivity contribution is -0.144. The van der Waals surface area contributed by atoms with Crippen molar-refractivity contribution in [3.05, 3.63) is 29.3 Å². The van der Waals surface area contributed by atoms with E-state index in [-0.39, 0.29) is 6.42 Å². The second-order valence-electron chi connectivity index (χ2n) is 4.27. The van der Waals surface area contributed by atoms with Gasteiger partial charge in [-0.2, -0.15) is 0 Å². The molecule has 0 amide bonds. The third kappa shape index (κ3) is 2.32. The van der Waals surface area contributed by atoms with Crippen LogP contribution in [-0.4, -0.2) is 31.9 Å². The predicted octanol–water partition coefficient (Wildman–Crippen LogP) is 0.0766. The Morgan fingerprint density at radius 1 is 1.56 bits per heavy atom. The maximum absolute atomic E-state index is 11.4. The van der Waals surface area contributed by atoms with Crippen LogP contribution in [0.3, 0.4) is 0 Å². The lowest BCUT2D eigenvalue weighted by atomic mass is 10.1. The van der Waals surface area contributed by atoms with Crippen LogP contribution in [0.1, 0.15) is 16.5 Å². The number of sulfone groups is 1. The first-order valence-electron chi connectivity index (χ1n) is 5.26. The summed E-state index contributed by atoms with van der Waals surface area (Å²) >= 11 is 0. The predicted molar refractivity (Wildman–Crippen MR) is 64.0 cm³/mol. The second-order valence-corrected chi connectivity index (χ2v) is 6.43. The van der Waals surface area contributed by atoms with E-state index in [9.17, 15) is 13.2 Å². The maximum atomic E-state index is 11.4. The highest BCUT2D eigenvalue weighted by Gasteiger charge is 2.30. The molecular formula is C11H13NO5S. The summed E-state index contributed by atoms with van der Waals surface area (Å²) in [5.41, 5.74) is 6.72. The highest BCUT2D eigenvalue weighted by molar-refractivity contribution is 7.90. The van der Waals surface area contributed by atoms with Crippen LogP contribution < -0.4 is 10.5 Å². The Balaban J connectivity index is 2.32. The van der Waals surface area contributed by atoms with Crippen molar-refractivity contribution in [1.29, 1.82) is 0 Å². The third-order valence-corrected chi connectivity index (χ3v) is 4.02. The molecule has 7 heteroatoms. The van der Waals surface area contributed by atoms with E-state index in [4.69, 9.17) is 15.6 Å². The lowest BCUT2D eigenvalue weighted by Gasteiger charge is -2.10. The van der Waals surface area contributed by atoms with Gasteiger partial charge in [0.05, 0.1) is 0 Å². The maximum Gasteiger partial charge on any atom is 0.345 e. The number of benzene rings is 1. The van der Waals surface area contributed by atoms with E-state index < -0.39 is 27.3 Å². The monoisotopic (exact) mass is 271 g/mol. The van der Waals surface area contributed by atoms with E-state index in [0.717, 1.165) is 6.26 Å². The molecule has 1 aromatic carbocycles. The normalized spacial score (nSPS) is 20.0. The molecule has 0 saturated heterocycles. The number of ether oxygens (including phenoxy) is 1. The van der Waals surface area contributed by atoms with Crippen molar-refractivity contribution in [2.75, 3.05) is 6.26 Å². The number of hydrogen-bond acceptors (Lipinski definition) is 5. The van der Waals surface area contributed by atoms with Crippen molar-refractivity contribution in [1.82, 2.24) is 0 Å². The summed E-state index contributed by atoms with van der Waals surface area (Å²) in [6, 6.07) is 4.68. The fourth-order valence-electron chi connectivity index (χ4n) is 1.83. The van der Waals surface area contributed by atoms with Crippen molar-refractivity contribution in [3.8, 4) is 5.75 Å². The van der Waals surface area contributed by atoms with E-state index in [1.54, 1.807) is 12.1 Å². The quantitative estimate of drug-likeness (QED) is 0.806. The SMILES string of the molecule is CS(=O)(=O)C(N)c1ccc2c(c1)C[C@@H](C(=O)O)O2. The first kappa shape index (κ1) is 12.8. The highest BCUT2D eigenvalue weighted by atomic mass is 32.2.